The van der Waals surface area contributed by atoms with Crippen LogP contribution in [0.3, 0.4) is 0 Å². The van der Waals surface area contributed by atoms with Gasteiger partial charge in [-0.2, -0.15) is 8.78 Å². The zero-order valence-electron chi connectivity index (χ0n) is 12.1. The predicted octanol–water partition coefficient (Wildman–Crippen LogP) is 3.58. The van der Waals surface area contributed by atoms with E-state index in [4.69, 9.17) is 4.74 Å². The number of carbonyl (C=O) groups is 1. The minimum atomic E-state index is -3.45. The molecule has 0 saturated carbocycles. The monoisotopic (exact) mass is 313 g/mol. The number of Topliss-reactive ketones (excluding diaryl/α,β-unsaturated/α-hetero) is 1. The molecule has 0 saturated heterocycles. The van der Waals surface area contributed by atoms with Crippen molar-refractivity contribution in [1.82, 2.24) is 0 Å². The quantitative estimate of drug-likeness (QED) is 0.807. The van der Waals surface area contributed by atoms with Crippen molar-refractivity contribution in [3.63, 3.8) is 0 Å². The summed E-state index contributed by atoms with van der Waals surface area (Å²) in [7, 11) is 0. The molecule has 4 rings (SSSR count). The van der Waals surface area contributed by atoms with E-state index in [2.05, 4.69) is 4.99 Å². The van der Waals surface area contributed by atoms with Gasteiger partial charge >= 0.3 is 5.92 Å². The van der Waals surface area contributed by atoms with Gasteiger partial charge in [-0.25, -0.2) is 4.99 Å². The molecule has 5 heteroatoms. The molecule has 116 valence electrons. The zero-order chi connectivity index (χ0) is 16.1. The molecule has 0 aromatic heterocycles. The first kappa shape index (κ1) is 14.1. The van der Waals surface area contributed by atoms with Crippen molar-refractivity contribution in [1.29, 1.82) is 0 Å². The van der Waals surface area contributed by atoms with Crippen molar-refractivity contribution >= 4 is 11.7 Å². The molecule has 0 bridgehead atoms. The smallest absolute Gasteiger partial charge is 0.314 e. The number of ketones is 1. The highest BCUT2D eigenvalue weighted by molar-refractivity contribution is 6.05. The van der Waals surface area contributed by atoms with E-state index in [-0.39, 0.29) is 12.1 Å². The summed E-state index contributed by atoms with van der Waals surface area (Å²) in [4.78, 5) is 16.3. The molecule has 1 heterocycles. The molecule has 3 nitrogen and oxygen atoms in total. The fourth-order valence-corrected chi connectivity index (χ4v) is 3.22. The summed E-state index contributed by atoms with van der Waals surface area (Å²) in [5.74, 6) is -4.25. The molecule has 1 aliphatic carbocycles. The molecule has 0 radical (unpaired) electrons. The van der Waals surface area contributed by atoms with E-state index >= 15 is 0 Å². The van der Waals surface area contributed by atoms with Gasteiger partial charge < -0.3 is 4.74 Å². The Labute approximate surface area is 131 Å². The molecule has 0 amide bonds. The molecule has 0 unspecified atom stereocenters. The Morgan fingerprint density at radius 3 is 2.48 bits per heavy atom. The molecular formula is C18H13F2NO2. The number of alkyl halides is 2. The first-order valence-corrected chi connectivity index (χ1v) is 7.33. The molecule has 1 atom stereocenters. The molecule has 0 N–H and O–H groups in total. The van der Waals surface area contributed by atoms with Crippen molar-refractivity contribution in [2.24, 2.45) is 4.99 Å². The van der Waals surface area contributed by atoms with Crippen LogP contribution in [0.15, 0.2) is 59.6 Å². The van der Waals surface area contributed by atoms with Crippen molar-refractivity contribution in [2.75, 3.05) is 6.54 Å². The molecule has 2 aromatic carbocycles. The van der Waals surface area contributed by atoms with Gasteiger partial charge in [-0.3, -0.25) is 4.79 Å². The Bertz CT molecular complexity index is 817. The largest absolute Gasteiger partial charge is 0.464 e. The van der Waals surface area contributed by atoms with Crippen LogP contribution in [0.5, 0.6) is 0 Å². The van der Waals surface area contributed by atoms with E-state index in [1.807, 2.05) is 30.3 Å². The number of carbonyl (C=O) groups excluding carboxylic acids is 1. The third-order valence-electron chi connectivity index (χ3n) is 4.29. The topological polar surface area (TPSA) is 38.7 Å². The highest BCUT2D eigenvalue weighted by Gasteiger charge is 2.57. The summed E-state index contributed by atoms with van der Waals surface area (Å²) in [5.41, 5.74) is -0.0277. The van der Waals surface area contributed by atoms with Gasteiger partial charge in [0, 0.05) is 16.7 Å². The summed E-state index contributed by atoms with van der Waals surface area (Å²) in [6.07, 6.45) is -0.685. The minimum Gasteiger partial charge on any atom is -0.464 e. The predicted molar refractivity (Wildman–Crippen MR) is 80.9 cm³/mol. The second-order valence-electron chi connectivity index (χ2n) is 5.84. The third kappa shape index (κ3) is 2.07. The van der Waals surface area contributed by atoms with E-state index in [1.165, 1.54) is 6.07 Å². The minimum absolute atomic E-state index is 0.0215. The van der Waals surface area contributed by atoms with E-state index in [1.54, 1.807) is 18.2 Å². The van der Waals surface area contributed by atoms with Crippen LogP contribution in [0.25, 0.3) is 0 Å². The van der Waals surface area contributed by atoms with Gasteiger partial charge in [0.05, 0.1) is 13.0 Å². The number of nitrogens with zero attached hydrogens (tertiary/aromatic N) is 1. The van der Waals surface area contributed by atoms with E-state index in [0.29, 0.717) is 11.5 Å². The summed E-state index contributed by atoms with van der Waals surface area (Å²) < 4.78 is 34.3. The average Bonchev–Trinajstić information content (AvgIpc) is 2.98. The van der Waals surface area contributed by atoms with Crippen LogP contribution in [0, 0.1) is 0 Å². The zero-order valence-corrected chi connectivity index (χ0v) is 12.1. The van der Waals surface area contributed by atoms with Gasteiger partial charge in [-0.05, 0) is 12.1 Å². The van der Waals surface area contributed by atoms with E-state index in [0.717, 1.165) is 5.56 Å². The van der Waals surface area contributed by atoms with Gasteiger partial charge in [-0.15, -0.1) is 0 Å². The van der Waals surface area contributed by atoms with Gasteiger partial charge in [0.2, 0.25) is 11.7 Å². The van der Waals surface area contributed by atoms with Crippen molar-refractivity contribution in [2.45, 2.75) is 17.9 Å². The second-order valence-corrected chi connectivity index (χ2v) is 5.84. The lowest BCUT2D eigenvalue weighted by Crippen LogP contribution is -2.47. The van der Waals surface area contributed by atoms with Crippen molar-refractivity contribution < 1.29 is 18.3 Å². The molecular weight excluding hydrogens is 300 g/mol. The Morgan fingerprint density at radius 1 is 1.00 bits per heavy atom. The second kappa shape index (κ2) is 4.72. The van der Waals surface area contributed by atoms with Gasteiger partial charge in [0.25, 0.3) is 0 Å². The molecule has 1 aliphatic heterocycles. The maximum atomic E-state index is 14.2. The van der Waals surface area contributed by atoms with Gasteiger partial charge in [0.1, 0.15) is 0 Å². The van der Waals surface area contributed by atoms with Crippen molar-refractivity contribution in [3.05, 3.63) is 71.3 Å². The Hall–Kier alpha value is -2.56. The number of aliphatic imine (C=N–C) groups is 1. The Balaban J connectivity index is 1.78. The number of halogens is 2. The van der Waals surface area contributed by atoms with E-state index < -0.39 is 23.7 Å². The van der Waals surface area contributed by atoms with Gasteiger partial charge in [0.15, 0.2) is 5.60 Å². The highest BCUT2D eigenvalue weighted by Crippen LogP contribution is 2.47. The summed E-state index contributed by atoms with van der Waals surface area (Å²) in [6.45, 7) is 0.0805. The normalized spacial score (nSPS) is 25.0. The van der Waals surface area contributed by atoms with E-state index in [9.17, 15) is 13.6 Å². The van der Waals surface area contributed by atoms with Crippen LogP contribution >= 0.6 is 0 Å². The Morgan fingerprint density at radius 2 is 1.70 bits per heavy atom. The van der Waals surface area contributed by atoms with Crippen LogP contribution in [0.4, 0.5) is 8.78 Å². The number of benzene rings is 2. The lowest BCUT2D eigenvalue weighted by molar-refractivity contribution is -0.0600. The number of ether oxygens (including phenoxy) is 1. The maximum Gasteiger partial charge on any atom is 0.314 e. The summed E-state index contributed by atoms with van der Waals surface area (Å²) in [6, 6.07) is 15.6. The molecule has 2 aromatic rings. The summed E-state index contributed by atoms with van der Waals surface area (Å²) >= 11 is 0. The van der Waals surface area contributed by atoms with Crippen LogP contribution < -0.4 is 0 Å². The van der Waals surface area contributed by atoms with Crippen LogP contribution in [0.1, 0.15) is 27.9 Å². The van der Waals surface area contributed by atoms with Crippen LogP contribution in [0.2, 0.25) is 0 Å². The molecule has 1 spiro atoms. The lowest BCUT2D eigenvalue weighted by atomic mass is 9.76. The highest BCUT2D eigenvalue weighted by atomic mass is 19.3. The number of rotatable bonds is 1. The number of hydrogen-bond donors (Lipinski definition) is 0. The fourth-order valence-electron chi connectivity index (χ4n) is 3.22. The third-order valence-corrected chi connectivity index (χ3v) is 4.29. The van der Waals surface area contributed by atoms with Crippen molar-refractivity contribution in [3.8, 4) is 0 Å². The molecule has 0 fully saturated rings. The Kier molecular flexibility index (Phi) is 2.88. The average molecular weight is 313 g/mol. The first-order valence-electron chi connectivity index (χ1n) is 7.33. The van der Waals surface area contributed by atoms with Gasteiger partial charge in [-0.1, -0.05) is 42.5 Å². The standard InChI is InChI=1S/C18H13F2NO2/c19-18(20)10-17(14-9-5-4-8-13(14)15(18)22)11-21-16(23-17)12-6-2-1-3-7-12/h1-9H,10-11H2/t17-/m0/s1. The SMILES string of the molecule is O=C1c2ccccc2[C@@]2(CN=C(c3ccccc3)O2)CC1(F)F. The number of fused-ring (bicyclic) bond motifs is 2. The molecule has 23 heavy (non-hydrogen) atoms. The lowest BCUT2D eigenvalue weighted by Gasteiger charge is -2.37. The first-order chi connectivity index (χ1) is 11.0. The summed E-state index contributed by atoms with van der Waals surface area (Å²) in [5, 5.41) is 0. The fraction of sp³-hybridized carbons (Fsp3) is 0.222. The van der Waals surface area contributed by atoms with Crippen LogP contribution in [-0.2, 0) is 10.3 Å². The number of hydrogen-bond acceptors (Lipinski definition) is 3. The maximum absolute atomic E-state index is 14.2. The van der Waals surface area contributed by atoms with Crippen LogP contribution in [-0.4, -0.2) is 24.1 Å². The molecule has 2 aliphatic rings.